The Morgan fingerprint density at radius 3 is 2.41 bits per heavy atom. The summed E-state index contributed by atoms with van der Waals surface area (Å²) in [5.74, 6) is 1.02. The SMILES string of the molecule is CCc1ccc(CN(C(=O)[C@H]2COc3ccccc3O2)[C@H]2CCS(=O)(=O)C2)cc1. The number of benzene rings is 2. The Balaban J connectivity index is 1.56. The summed E-state index contributed by atoms with van der Waals surface area (Å²) in [6, 6.07) is 15.0. The molecule has 2 aromatic rings. The van der Waals surface area contributed by atoms with Crippen LogP contribution in [0.4, 0.5) is 0 Å². The molecule has 0 N–H and O–H groups in total. The van der Waals surface area contributed by atoms with E-state index in [1.54, 1.807) is 17.0 Å². The van der Waals surface area contributed by atoms with Gasteiger partial charge in [0.15, 0.2) is 21.3 Å². The molecule has 0 aliphatic carbocycles. The topological polar surface area (TPSA) is 72.9 Å². The number of carbonyl (C=O) groups is 1. The van der Waals surface area contributed by atoms with Gasteiger partial charge < -0.3 is 14.4 Å². The number of hydrogen-bond acceptors (Lipinski definition) is 5. The molecule has 0 bridgehead atoms. The van der Waals surface area contributed by atoms with E-state index in [-0.39, 0.29) is 30.1 Å². The summed E-state index contributed by atoms with van der Waals surface area (Å²) in [4.78, 5) is 15.0. The van der Waals surface area contributed by atoms with Crippen molar-refractivity contribution in [2.24, 2.45) is 0 Å². The fraction of sp³-hybridized carbons (Fsp3) is 0.409. The molecule has 0 unspecified atom stereocenters. The van der Waals surface area contributed by atoms with Crippen molar-refractivity contribution in [3.05, 3.63) is 59.7 Å². The summed E-state index contributed by atoms with van der Waals surface area (Å²) in [7, 11) is -3.12. The van der Waals surface area contributed by atoms with E-state index >= 15 is 0 Å². The van der Waals surface area contributed by atoms with Gasteiger partial charge in [-0.25, -0.2) is 8.42 Å². The van der Waals surface area contributed by atoms with E-state index in [1.165, 1.54) is 5.56 Å². The van der Waals surface area contributed by atoms with Gasteiger partial charge in [0.05, 0.1) is 11.5 Å². The molecule has 1 fully saturated rings. The van der Waals surface area contributed by atoms with E-state index in [9.17, 15) is 13.2 Å². The summed E-state index contributed by atoms with van der Waals surface area (Å²) in [5, 5.41) is 0. The van der Waals surface area contributed by atoms with E-state index < -0.39 is 15.9 Å². The number of para-hydroxylation sites is 2. The molecule has 0 radical (unpaired) electrons. The molecular weight excluding hydrogens is 390 g/mol. The van der Waals surface area contributed by atoms with Gasteiger partial charge in [0, 0.05) is 12.6 Å². The van der Waals surface area contributed by atoms with E-state index in [4.69, 9.17) is 9.47 Å². The Hall–Kier alpha value is -2.54. The Labute approximate surface area is 171 Å². The van der Waals surface area contributed by atoms with Crippen LogP contribution in [-0.2, 0) is 27.6 Å². The molecule has 7 heteroatoms. The number of nitrogens with zero attached hydrogens (tertiary/aromatic N) is 1. The first-order chi connectivity index (χ1) is 13.9. The molecule has 2 atom stereocenters. The summed E-state index contributed by atoms with van der Waals surface area (Å²) < 4.78 is 35.7. The number of fused-ring (bicyclic) bond motifs is 1. The molecule has 4 rings (SSSR count). The van der Waals surface area contributed by atoms with Crippen LogP contribution in [0.2, 0.25) is 0 Å². The average molecular weight is 416 g/mol. The van der Waals surface area contributed by atoms with Crippen LogP contribution in [0, 0.1) is 0 Å². The van der Waals surface area contributed by atoms with Crippen LogP contribution in [0.15, 0.2) is 48.5 Å². The number of ether oxygens (including phenoxy) is 2. The lowest BCUT2D eigenvalue weighted by molar-refractivity contribution is -0.143. The van der Waals surface area contributed by atoms with Crippen LogP contribution < -0.4 is 9.47 Å². The van der Waals surface area contributed by atoms with Crippen LogP contribution >= 0.6 is 0 Å². The largest absolute Gasteiger partial charge is 0.485 e. The first-order valence-corrected chi connectivity index (χ1v) is 11.7. The molecule has 0 saturated carbocycles. The molecule has 2 aliphatic rings. The zero-order valence-electron chi connectivity index (χ0n) is 16.4. The fourth-order valence-electron chi connectivity index (χ4n) is 3.81. The first-order valence-electron chi connectivity index (χ1n) is 9.92. The average Bonchev–Trinajstić information content (AvgIpc) is 3.11. The van der Waals surface area contributed by atoms with Crippen molar-refractivity contribution in [1.82, 2.24) is 4.90 Å². The summed E-state index contributed by atoms with van der Waals surface area (Å²) in [6.07, 6.45) is 0.602. The normalized spacial score (nSPS) is 22.2. The second-order valence-electron chi connectivity index (χ2n) is 7.56. The highest BCUT2D eigenvalue weighted by atomic mass is 32.2. The molecule has 2 aliphatic heterocycles. The first kappa shape index (κ1) is 19.8. The van der Waals surface area contributed by atoms with Gasteiger partial charge in [0.1, 0.15) is 6.61 Å². The zero-order chi connectivity index (χ0) is 20.4. The summed E-state index contributed by atoms with van der Waals surface area (Å²) >= 11 is 0. The van der Waals surface area contributed by atoms with Gasteiger partial charge >= 0.3 is 0 Å². The van der Waals surface area contributed by atoms with E-state index in [0.29, 0.717) is 24.5 Å². The van der Waals surface area contributed by atoms with Crippen LogP contribution in [0.25, 0.3) is 0 Å². The molecule has 1 saturated heterocycles. The lowest BCUT2D eigenvalue weighted by Gasteiger charge is -2.34. The third-order valence-corrected chi connectivity index (χ3v) is 7.25. The summed E-state index contributed by atoms with van der Waals surface area (Å²) in [6.45, 7) is 2.55. The van der Waals surface area contributed by atoms with Crippen molar-refractivity contribution in [3.63, 3.8) is 0 Å². The molecule has 0 aromatic heterocycles. The maximum atomic E-state index is 13.4. The number of amides is 1. The quantitative estimate of drug-likeness (QED) is 0.751. The number of sulfone groups is 1. The molecule has 2 aromatic carbocycles. The van der Waals surface area contributed by atoms with Crippen molar-refractivity contribution in [3.8, 4) is 11.5 Å². The van der Waals surface area contributed by atoms with Gasteiger partial charge in [-0.05, 0) is 36.1 Å². The highest BCUT2D eigenvalue weighted by Crippen LogP contribution is 2.32. The van der Waals surface area contributed by atoms with Crippen molar-refractivity contribution < 1.29 is 22.7 Å². The van der Waals surface area contributed by atoms with Crippen molar-refractivity contribution >= 4 is 15.7 Å². The monoisotopic (exact) mass is 415 g/mol. The molecule has 154 valence electrons. The van der Waals surface area contributed by atoms with Gasteiger partial charge in [-0.2, -0.15) is 0 Å². The number of aryl methyl sites for hydroxylation is 1. The van der Waals surface area contributed by atoms with E-state index in [1.807, 2.05) is 36.4 Å². The lowest BCUT2D eigenvalue weighted by atomic mass is 10.1. The second kappa shape index (κ2) is 8.06. The maximum absolute atomic E-state index is 13.4. The smallest absolute Gasteiger partial charge is 0.267 e. The Morgan fingerprint density at radius 1 is 1.07 bits per heavy atom. The van der Waals surface area contributed by atoms with Crippen LogP contribution in [0.1, 0.15) is 24.5 Å². The predicted molar refractivity (Wildman–Crippen MR) is 110 cm³/mol. The van der Waals surface area contributed by atoms with Gasteiger partial charge in [-0.1, -0.05) is 43.3 Å². The Bertz CT molecular complexity index is 987. The minimum Gasteiger partial charge on any atom is -0.485 e. The van der Waals surface area contributed by atoms with Gasteiger partial charge in [-0.3, -0.25) is 4.79 Å². The third-order valence-electron chi connectivity index (χ3n) is 5.50. The predicted octanol–water partition coefficient (Wildman–Crippen LogP) is 2.60. The van der Waals surface area contributed by atoms with Crippen molar-refractivity contribution in [2.75, 3.05) is 18.1 Å². The van der Waals surface area contributed by atoms with Crippen LogP contribution in [-0.4, -0.2) is 49.5 Å². The Kier molecular flexibility index (Phi) is 5.50. The number of carbonyl (C=O) groups excluding carboxylic acids is 1. The van der Waals surface area contributed by atoms with E-state index in [2.05, 4.69) is 6.92 Å². The highest BCUT2D eigenvalue weighted by molar-refractivity contribution is 7.91. The van der Waals surface area contributed by atoms with Crippen molar-refractivity contribution in [2.45, 2.75) is 38.5 Å². The van der Waals surface area contributed by atoms with Crippen LogP contribution in [0.5, 0.6) is 11.5 Å². The molecule has 29 heavy (non-hydrogen) atoms. The Morgan fingerprint density at radius 2 is 1.76 bits per heavy atom. The van der Waals surface area contributed by atoms with Gasteiger partial charge in [-0.15, -0.1) is 0 Å². The highest BCUT2D eigenvalue weighted by Gasteiger charge is 2.39. The summed E-state index contributed by atoms with van der Waals surface area (Å²) in [5.41, 5.74) is 2.19. The van der Waals surface area contributed by atoms with Crippen molar-refractivity contribution in [1.29, 1.82) is 0 Å². The maximum Gasteiger partial charge on any atom is 0.267 e. The van der Waals surface area contributed by atoms with Gasteiger partial charge in [0.25, 0.3) is 5.91 Å². The second-order valence-corrected chi connectivity index (χ2v) is 9.79. The third kappa shape index (κ3) is 4.40. The van der Waals surface area contributed by atoms with E-state index in [0.717, 1.165) is 12.0 Å². The molecule has 0 spiro atoms. The number of rotatable bonds is 5. The molecule has 6 nitrogen and oxygen atoms in total. The zero-order valence-corrected chi connectivity index (χ0v) is 17.2. The van der Waals surface area contributed by atoms with Gasteiger partial charge in [0.2, 0.25) is 6.10 Å². The fourth-order valence-corrected chi connectivity index (χ4v) is 5.54. The lowest BCUT2D eigenvalue weighted by Crippen LogP contribution is -2.50. The standard InChI is InChI=1S/C22H25NO5S/c1-2-16-7-9-17(10-8-16)13-23(18-11-12-29(25,26)15-18)22(24)21-14-27-19-5-3-4-6-20(19)28-21/h3-10,18,21H,2,11-15H2,1H3/t18-,21+/m0/s1. The molecular formula is C22H25NO5S. The molecule has 2 heterocycles. The van der Waals surface area contributed by atoms with Crippen LogP contribution in [0.3, 0.4) is 0 Å². The minimum absolute atomic E-state index is 0.00402. The minimum atomic E-state index is -3.12. The molecule has 1 amide bonds. The number of hydrogen-bond donors (Lipinski definition) is 0.